The lowest BCUT2D eigenvalue weighted by Crippen LogP contribution is -2.36. The lowest BCUT2D eigenvalue weighted by atomic mass is 10.0. The van der Waals surface area contributed by atoms with Crippen molar-refractivity contribution in [2.75, 3.05) is 36.5 Å². The number of urea groups is 1. The van der Waals surface area contributed by atoms with Crippen LogP contribution in [0.5, 0.6) is 0 Å². The Kier molecular flexibility index (Phi) is 6.98. The van der Waals surface area contributed by atoms with Crippen molar-refractivity contribution < 1.29 is 14.3 Å². The molecule has 2 aromatic carbocycles. The van der Waals surface area contributed by atoms with Gasteiger partial charge in [-0.1, -0.05) is 42.5 Å². The molecule has 4 rings (SSSR count). The van der Waals surface area contributed by atoms with E-state index in [1.165, 1.54) is 0 Å². The summed E-state index contributed by atoms with van der Waals surface area (Å²) < 4.78 is 5.40. The summed E-state index contributed by atoms with van der Waals surface area (Å²) >= 11 is 1.62. The average molecular weight is 452 g/mol. The third-order valence-electron chi connectivity index (χ3n) is 5.15. The first kappa shape index (κ1) is 21.8. The molecule has 0 aliphatic carbocycles. The van der Waals surface area contributed by atoms with Crippen molar-refractivity contribution in [3.05, 3.63) is 65.5 Å². The predicted molar refractivity (Wildman–Crippen MR) is 126 cm³/mol. The summed E-state index contributed by atoms with van der Waals surface area (Å²) in [6.45, 7) is 3.16. The van der Waals surface area contributed by atoms with E-state index in [0.717, 1.165) is 48.3 Å². The highest BCUT2D eigenvalue weighted by molar-refractivity contribution is 7.14. The molecule has 2 heterocycles. The van der Waals surface area contributed by atoms with Crippen LogP contribution in [0.15, 0.2) is 60.0 Å². The van der Waals surface area contributed by atoms with Crippen molar-refractivity contribution in [2.24, 2.45) is 5.73 Å². The van der Waals surface area contributed by atoms with Crippen molar-refractivity contribution >= 4 is 34.1 Å². The van der Waals surface area contributed by atoms with Crippen LogP contribution >= 0.6 is 11.3 Å². The molecule has 1 aliphatic heterocycles. The van der Waals surface area contributed by atoms with Gasteiger partial charge in [-0.3, -0.25) is 4.79 Å². The van der Waals surface area contributed by atoms with Crippen molar-refractivity contribution in [2.45, 2.75) is 12.5 Å². The first-order valence-corrected chi connectivity index (χ1v) is 11.3. The number of rotatable bonds is 7. The normalized spacial score (nSPS) is 14.6. The zero-order chi connectivity index (χ0) is 22.3. The average Bonchev–Trinajstić information content (AvgIpc) is 3.30. The minimum atomic E-state index is -0.671. The second-order valence-corrected chi connectivity index (χ2v) is 8.25. The molecule has 1 fully saturated rings. The number of carbonyl (C=O) groups excluding carboxylic acids is 2. The second kappa shape index (κ2) is 10.3. The summed E-state index contributed by atoms with van der Waals surface area (Å²) in [5, 5.41) is 8.55. The molecule has 0 unspecified atom stereocenters. The first-order valence-electron chi connectivity index (χ1n) is 10.4. The maximum Gasteiger partial charge on any atom is 0.312 e. The monoisotopic (exact) mass is 451 g/mol. The van der Waals surface area contributed by atoms with E-state index < -0.39 is 12.1 Å². The number of nitrogens with one attached hydrogen (secondary N) is 2. The fraction of sp³-hybridized carbons (Fsp3) is 0.261. The Morgan fingerprint density at radius 1 is 1.09 bits per heavy atom. The number of benzene rings is 2. The highest BCUT2D eigenvalue weighted by atomic mass is 32.1. The Morgan fingerprint density at radius 3 is 2.50 bits per heavy atom. The van der Waals surface area contributed by atoms with Gasteiger partial charge in [-0.2, -0.15) is 0 Å². The Morgan fingerprint density at radius 2 is 1.81 bits per heavy atom. The van der Waals surface area contributed by atoms with Crippen molar-refractivity contribution in [1.29, 1.82) is 0 Å². The fourth-order valence-corrected chi connectivity index (χ4v) is 4.42. The Labute approximate surface area is 190 Å². The van der Waals surface area contributed by atoms with Crippen LogP contribution in [0.25, 0.3) is 11.3 Å². The molecular weight excluding hydrogens is 426 g/mol. The lowest BCUT2D eigenvalue weighted by Gasteiger charge is -2.26. The molecule has 3 aromatic rings. The highest BCUT2D eigenvalue weighted by Crippen LogP contribution is 2.29. The molecule has 3 amide bonds. The number of carbonyl (C=O) groups is 2. The van der Waals surface area contributed by atoms with E-state index in [9.17, 15) is 9.59 Å². The lowest BCUT2D eigenvalue weighted by molar-refractivity contribution is -0.116. The number of hydrogen-bond donors (Lipinski definition) is 3. The Balaban J connectivity index is 1.38. The molecule has 0 saturated carbocycles. The molecule has 166 valence electrons. The van der Waals surface area contributed by atoms with Gasteiger partial charge in [-0.05, 0) is 17.7 Å². The van der Waals surface area contributed by atoms with E-state index in [2.05, 4.69) is 15.5 Å². The number of anilines is 2. The van der Waals surface area contributed by atoms with Crippen LogP contribution in [0.4, 0.5) is 15.6 Å². The SMILES string of the molecule is NC(=O)N[C@H](CC(=O)Nc1ccc(-c2csc(N3CCOCC3)n2)cc1)c1ccccc1. The van der Waals surface area contributed by atoms with Crippen LogP contribution in [0.2, 0.25) is 0 Å². The largest absolute Gasteiger partial charge is 0.378 e. The number of hydrogen-bond acceptors (Lipinski definition) is 6. The Bertz CT molecular complexity index is 1050. The highest BCUT2D eigenvalue weighted by Gasteiger charge is 2.18. The van der Waals surface area contributed by atoms with Gasteiger partial charge in [-0.15, -0.1) is 11.3 Å². The quantitative estimate of drug-likeness (QED) is 0.510. The third kappa shape index (κ3) is 5.63. The van der Waals surface area contributed by atoms with Gasteiger partial charge in [0.2, 0.25) is 5.91 Å². The maximum atomic E-state index is 12.6. The summed E-state index contributed by atoms with van der Waals surface area (Å²) in [7, 11) is 0. The van der Waals surface area contributed by atoms with E-state index in [1.54, 1.807) is 11.3 Å². The van der Waals surface area contributed by atoms with Crippen LogP contribution < -0.4 is 21.3 Å². The molecular formula is C23H25N5O3S. The van der Waals surface area contributed by atoms with E-state index in [4.69, 9.17) is 15.5 Å². The second-order valence-electron chi connectivity index (χ2n) is 7.42. The van der Waals surface area contributed by atoms with Gasteiger partial charge in [-0.25, -0.2) is 9.78 Å². The minimum absolute atomic E-state index is 0.0731. The predicted octanol–water partition coefficient (Wildman–Crippen LogP) is 3.38. The fourth-order valence-electron chi connectivity index (χ4n) is 3.53. The minimum Gasteiger partial charge on any atom is -0.378 e. The number of morpholine rings is 1. The van der Waals surface area contributed by atoms with Crippen molar-refractivity contribution in [1.82, 2.24) is 10.3 Å². The smallest absolute Gasteiger partial charge is 0.312 e. The van der Waals surface area contributed by atoms with Crippen molar-refractivity contribution in [3.63, 3.8) is 0 Å². The number of nitrogens with zero attached hydrogens (tertiary/aromatic N) is 2. The van der Waals surface area contributed by atoms with Crippen LogP contribution in [0.1, 0.15) is 18.0 Å². The number of ether oxygens (including phenoxy) is 1. The molecule has 0 spiro atoms. The standard InChI is InChI=1S/C23H25N5O3S/c24-22(30)26-19(16-4-2-1-3-5-16)14-21(29)25-18-8-6-17(7-9-18)20-15-32-23(27-20)28-10-12-31-13-11-28/h1-9,15,19H,10-14H2,(H,25,29)(H3,24,26,30)/t19-/m1/s1. The topological polar surface area (TPSA) is 110 Å². The molecule has 0 radical (unpaired) electrons. The van der Waals surface area contributed by atoms with Gasteiger partial charge in [0.15, 0.2) is 5.13 Å². The summed E-state index contributed by atoms with van der Waals surface area (Å²) in [6.07, 6.45) is 0.0731. The van der Waals surface area contributed by atoms with Crippen LogP contribution in [-0.4, -0.2) is 43.2 Å². The third-order valence-corrected chi connectivity index (χ3v) is 6.05. The van der Waals surface area contributed by atoms with E-state index in [-0.39, 0.29) is 12.3 Å². The van der Waals surface area contributed by atoms with E-state index >= 15 is 0 Å². The van der Waals surface area contributed by atoms with E-state index in [1.807, 2.05) is 60.0 Å². The molecule has 32 heavy (non-hydrogen) atoms. The molecule has 1 atom stereocenters. The number of aromatic nitrogens is 1. The van der Waals surface area contributed by atoms with Crippen LogP contribution in [0, 0.1) is 0 Å². The molecule has 1 aromatic heterocycles. The number of thiazole rings is 1. The molecule has 1 saturated heterocycles. The van der Waals surface area contributed by atoms with Gasteiger partial charge in [0.1, 0.15) is 0 Å². The van der Waals surface area contributed by atoms with Gasteiger partial charge < -0.3 is 26.0 Å². The number of nitrogens with two attached hydrogens (primary N) is 1. The van der Waals surface area contributed by atoms with Gasteiger partial charge in [0.25, 0.3) is 0 Å². The summed E-state index contributed by atoms with van der Waals surface area (Å²) in [4.78, 5) is 30.9. The van der Waals surface area contributed by atoms with Gasteiger partial charge >= 0.3 is 6.03 Å². The van der Waals surface area contributed by atoms with Crippen LogP contribution in [0.3, 0.4) is 0 Å². The summed E-state index contributed by atoms with van der Waals surface area (Å²) in [5.74, 6) is -0.219. The number of primary amides is 1. The van der Waals surface area contributed by atoms with Crippen LogP contribution in [-0.2, 0) is 9.53 Å². The maximum absolute atomic E-state index is 12.6. The van der Waals surface area contributed by atoms with Gasteiger partial charge in [0.05, 0.1) is 31.4 Å². The number of amides is 3. The van der Waals surface area contributed by atoms with Gasteiger partial charge in [0, 0.05) is 29.7 Å². The zero-order valence-electron chi connectivity index (χ0n) is 17.5. The molecule has 0 bridgehead atoms. The van der Waals surface area contributed by atoms with E-state index in [0.29, 0.717) is 5.69 Å². The van der Waals surface area contributed by atoms with Crippen molar-refractivity contribution in [3.8, 4) is 11.3 Å². The molecule has 8 nitrogen and oxygen atoms in total. The summed E-state index contributed by atoms with van der Waals surface area (Å²) in [5.41, 5.74) is 8.66. The summed E-state index contributed by atoms with van der Waals surface area (Å²) in [6, 6.07) is 15.7. The molecule has 1 aliphatic rings. The first-order chi connectivity index (χ1) is 15.6. The Hall–Kier alpha value is -3.43. The molecule has 9 heteroatoms. The zero-order valence-corrected chi connectivity index (χ0v) is 18.3. The molecule has 4 N–H and O–H groups in total.